The van der Waals surface area contributed by atoms with E-state index in [1.54, 1.807) is 0 Å². The zero-order valence-corrected chi connectivity index (χ0v) is 10.2. The van der Waals surface area contributed by atoms with Gasteiger partial charge in [-0.1, -0.05) is 41.5 Å². The molecule has 0 heteroatoms. The quantitative estimate of drug-likeness (QED) is 0.595. The maximum atomic E-state index is 2.44. The molecular weight excluding hydrogens is 156 g/mol. The first kappa shape index (κ1) is 11.1. The fourth-order valence-electron chi connectivity index (χ4n) is 3.12. The molecular formula is C13H26. The van der Waals surface area contributed by atoms with E-state index in [1.165, 1.54) is 12.8 Å². The van der Waals surface area contributed by atoms with Crippen molar-refractivity contribution in [3.8, 4) is 0 Å². The summed E-state index contributed by atoms with van der Waals surface area (Å²) < 4.78 is 0. The highest BCUT2D eigenvalue weighted by atomic mass is 14.5. The minimum Gasteiger partial charge on any atom is -0.0625 e. The van der Waals surface area contributed by atoms with Gasteiger partial charge >= 0.3 is 0 Å². The highest BCUT2D eigenvalue weighted by Gasteiger charge is 2.41. The van der Waals surface area contributed by atoms with Crippen LogP contribution in [0, 0.1) is 29.1 Å². The van der Waals surface area contributed by atoms with Crippen LogP contribution in [0.1, 0.15) is 54.4 Å². The van der Waals surface area contributed by atoms with E-state index >= 15 is 0 Å². The molecule has 78 valence electrons. The number of hydrogen-bond donors (Lipinski definition) is 0. The molecule has 1 aliphatic rings. The van der Waals surface area contributed by atoms with Gasteiger partial charge < -0.3 is 0 Å². The van der Waals surface area contributed by atoms with Crippen LogP contribution in [0.4, 0.5) is 0 Å². The van der Waals surface area contributed by atoms with E-state index in [0.29, 0.717) is 5.41 Å². The van der Waals surface area contributed by atoms with Crippen molar-refractivity contribution in [2.24, 2.45) is 29.1 Å². The average molecular weight is 182 g/mol. The standard InChI is InChI=1S/C13H26/c1-9(2)11-7-13(5,6)8-12(11)10(3)4/h9-12H,7-8H2,1-6H3. The van der Waals surface area contributed by atoms with E-state index in [0.717, 1.165) is 23.7 Å². The van der Waals surface area contributed by atoms with E-state index in [9.17, 15) is 0 Å². The predicted octanol–water partition coefficient (Wildman–Crippen LogP) is 4.35. The van der Waals surface area contributed by atoms with Crippen molar-refractivity contribution in [3.05, 3.63) is 0 Å². The largest absolute Gasteiger partial charge is 0.0625 e. The molecule has 0 aliphatic heterocycles. The molecule has 2 unspecified atom stereocenters. The molecule has 0 amide bonds. The monoisotopic (exact) mass is 182 g/mol. The Labute approximate surface area is 84.1 Å². The van der Waals surface area contributed by atoms with Gasteiger partial charge in [0.2, 0.25) is 0 Å². The van der Waals surface area contributed by atoms with Gasteiger partial charge in [0, 0.05) is 0 Å². The molecule has 13 heavy (non-hydrogen) atoms. The lowest BCUT2D eigenvalue weighted by Crippen LogP contribution is -2.18. The van der Waals surface area contributed by atoms with E-state index in [-0.39, 0.29) is 0 Å². The SMILES string of the molecule is CC(C)C1CC(C)(C)CC1C(C)C. The van der Waals surface area contributed by atoms with Crippen molar-refractivity contribution in [2.75, 3.05) is 0 Å². The second kappa shape index (κ2) is 3.63. The summed E-state index contributed by atoms with van der Waals surface area (Å²) in [6.45, 7) is 14.4. The van der Waals surface area contributed by atoms with Crippen LogP contribution in [-0.2, 0) is 0 Å². The normalized spacial score (nSPS) is 33.2. The maximum Gasteiger partial charge on any atom is -0.0349 e. The van der Waals surface area contributed by atoms with E-state index in [2.05, 4.69) is 41.5 Å². The minimum atomic E-state index is 0.601. The molecule has 0 heterocycles. The van der Waals surface area contributed by atoms with Crippen molar-refractivity contribution < 1.29 is 0 Å². The zero-order valence-electron chi connectivity index (χ0n) is 10.2. The molecule has 1 fully saturated rings. The summed E-state index contributed by atoms with van der Waals surface area (Å²) in [5.41, 5.74) is 0.601. The van der Waals surface area contributed by atoms with Crippen molar-refractivity contribution in [3.63, 3.8) is 0 Å². The molecule has 0 bridgehead atoms. The lowest BCUT2D eigenvalue weighted by molar-refractivity contribution is 0.235. The third-order valence-electron chi connectivity index (χ3n) is 3.84. The molecule has 1 rings (SSSR count). The summed E-state index contributed by atoms with van der Waals surface area (Å²) >= 11 is 0. The second-order valence-corrected chi connectivity index (χ2v) is 6.39. The van der Waals surface area contributed by atoms with Crippen molar-refractivity contribution in [2.45, 2.75) is 54.4 Å². The topological polar surface area (TPSA) is 0 Å². The third-order valence-corrected chi connectivity index (χ3v) is 3.84. The summed E-state index contributed by atoms with van der Waals surface area (Å²) in [7, 11) is 0. The summed E-state index contributed by atoms with van der Waals surface area (Å²) in [5.74, 6) is 3.67. The van der Waals surface area contributed by atoms with Gasteiger partial charge in [-0.2, -0.15) is 0 Å². The Bertz CT molecular complexity index is 147. The summed E-state index contributed by atoms with van der Waals surface area (Å²) in [5, 5.41) is 0. The van der Waals surface area contributed by atoms with Gasteiger partial charge in [0.05, 0.1) is 0 Å². The van der Waals surface area contributed by atoms with Crippen LogP contribution in [0.25, 0.3) is 0 Å². The Kier molecular flexibility index (Phi) is 3.09. The Balaban J connectivity index is 2.71. The van der Waals surface area contributed by atoms with E-state index < -0.39 is 0 Å². The third kappa shape index (κ3) is 2.48. The summed E-state index contributed by atoms with van der Waals surface area (Å²) in [4.78, 5) is 0. The smallest absolute Gasteiger partial charge is 0.0349 e. The highest BCUT2D eigenvalue weighted by Crippen LogP contribution is 2.50. The van der Waals surface area contributed by atoms with Crippen molar-refractivity contribution in [1.29, 1.82) is 0 Å². The first-order chi connectivity index (χ1) is 5.83. The van der Waals surface area contributed by atoms with Gasteiger partial charge in [0.15, 0.2) is 0 Å². The number of rotatable bonds is 2. The predicted molar refractivity (Wildman–Crippen MR) is 59.7 cm³/mol. The Morgan fingerprint density at radius 1 is 0.846 bits per heavy atom. The molecule has 0 nitrogen and oxygen atoms in total. The zero-order chi connectivity index (χ0) is 10.2. The van der Waals surface area contributed by atoms with Crippen LogP contribution in [0.2, 0.25) is 0 Å². The van der Waals surface area contributed by atoms with E-state index in [4.69, 9.17) is 0 Å². The van der Waals surface area contributed by atoms with Crippen LogP contribution in [0.3, 0.4) is 0 Å². The summed E-state index contributed by atoms with van der Waals surface area (Å²) in [6.07, 6.45) is 2.88. The molecule has 0 spiro atoms. The van der Waals surface area contributed by atoms with Crippen LogP contribution >= 0.6 is 0 Å². The molecule has 0 radical (unpaired) electrons. The second-order valence-electron chi connectivity index (χ2n) is 6.39. The minimum absolute atomic E-state index is 0.601. The number of hydrogen-bond acceptors (Lipinski definition) is 0. The highest BCUT2D eigenvalue weighted by molar-refractivity contribution is 4.91. The lowest BCUT2D eigenvalue weighted by Gasteiger charge is -2.26. The lowest BCUT2D eigenvalue weighted by atomic mass is 9.80. The van der Waals surface area contributed by atoms with Crippen molar-refractivity contribution in [1.82, 2.24) is 0 Å². The fraction of sp³-hybridized carbons (Fsp3) is 1.00. The Morgan fingerprint density at radius 3 is 1.38 bits per heavy atom. The van der Waals surface area contributed by atoms with Crippen LogP contribution < -0.4 is 0 Å². The molecule has 2 atom stereocenters. The van der Waals surface area contributed by atoms with Crippen LogP contribution in [0.15, 0.2) is 0 Å². The van der Waals surface area contributed by atoms with Gasteiger partial charge in [-0.3, -0.25) is 0 Å². The summed E-state index contributed by atoms with van der Waals surface area (Å²) in [6, 6.07) is 0. The van der Waals surface area contributed by atoms with Gasteiger partial charge in [0.25, 0.3) is 0 Å². The van der Waals surface area contributed by atoms with Crippen LogP contribution in [0.5, 0.6) is 0 Å². The maximum absolute atomic E-state index is 2.44. The Morgan fingerprint density at radius 2 is 1.15 bits per heavy atom. The molecule has 0 aromatic heterocycles. The van der Waals surface area contributed by atoms with Crippen molar-refractivity contribution >= 4 is 0 Å². The first-order valence-corrected chi connectivity index (χ1v) is 5.83. The Hall–Kier alpha value is 0. The van der Waals surface area contributed by atoms with Gasteiger partial charge in [-0.05, 0) is 41.9 Å². The first-order valence-electron chi connectivity index (χ1n) is 5.83. The van der Waals surface area contributed by atoms with E-state index in [1.807, 2.05) is 0 Å². The van der Waals surface area contributed by atoms with Gasteiger partial charge in [0.1, 0.15) is 0 Å². The van der Waals surface area contributed by atoms with Crippen LogP contribution in [-0.4, -0.2) is 0 Å². The molecule has 0 aromatic rings. The average Bonchev–Trinajstić information content (AvgIpc) is 2.26. The molecule has 0 saturated heterocycles. The van der Waals surface area contributed by atoms with Gasteiger partial charge in [-0.25, -0.2) is 0 Å². The van der Waals surface area contributed by atoms with Gasteiger partial charge in [-0.15, -0.1) is 0 Å². The fourth-order valence-corrected chi connectivity index (χ4v) is 3.12. The molecule has 0 N–H and O–H groups in total. The molecule has 0 aromatic carbocycles. The molecule has 1 saturated carbocycles. The molecule has 1 aliphatic carbocycles.